The second-order valence-electron chi connectivity index (χ2n) is 6.44. The van der Waals surface area contributed by atoms with Gasteiger partial charge in [0.25, 0.3) is 0 Å². The number of methoxy groups -OCH3 is 2. The molecule has 1 N–H and O–H groups in total. The summed E-state index contributed by atoms with van der Waals surface area (Å²) in [5.74, 6) is -0.709. The minimum absolute atomic E-state index is 0.136. The van der Waals surface area contributed by atoms with Gasteiger partial charge >= 0.3 is 11.9 Å². The molecular weight excluding hydrogens is 344 g/mol. The Kier molecular flexibility index (Phi) is 6.08. The molecule has 0 spiro atoms. The van der Waals surface area contributed by atoms with Crippen LogP contribution in [0.3, 0.4) is 0 Å². The van der Waals surface area contributed by atoms with Gasteiger partial charge in [-0.3, -0.25) is 0 Å². The smallest absolute Gasteiger partial charge is 0.355 e. The quantitative estimate of drug-likeness (QED) is 0.824. The Hall–Kier alpha value is -2.86. The van der Waals surface area contributed by atoms with Gasteiger partial charge in [-0.2, -0.15) is 0 Å². The highest BCUT2D eigenvalue weighted by atomic mass is 16.5. The Labute approximate surface area is 159 Å². The Morgan fingerprint density at radius 2 is 1.81 bits per heavy atom. The predicted molar refractivity (Wildman–Crippen MR) is 103 cm³/mol. The number of allylic oxidation sites excluding steroid dienone is 2. The maximum absolute atomic E-state index is 12.5. The summed E-state index contributed by atoms with van der Waals surface area (Å²) in [6.07, 6.45) is 8.94. The van der Waals surface area contributed by atoms with Crippen LogP contribution in [0.25, 0.3) is 0 Å². The third-order valence-electron chi connectivity index (χ3n) is 4.85. The first kappa shape index (κ1) is 18.9. The zero-order valence-corrected chi connectivity index (χ0v) is 15.6. The number of hydrogen-bond donors (Lipinski definition) is 1. The van der Waals surface area contributed by atoms with Gasteiger partial charge in [0.2, 0.25) is 0 Å². The Balaban J connectivity index is 2.05. The minimum atomic E-state index is -0.598. The average molecular weight is 368 g/mol. The fraction of sp³-hybridized carbons (Fsp3) is 0.333. The molecule has 0 unspecified atom stereocenters. The summed E-state index contributed by atoms with van der Waals surface area (Å²) in [4.78, 5) is 26.4. The van der Waals surface area contributed by atoms with Crippen LogP contribution in [-0.4, -0.2) is 39.2 Å². The van der Waals surface area contributed by atoms with Crippen molar-refractivity contribution >= 4 is 17.6 Å². The topological polar surface area (TPSA) is 67.9 Å². The predicted octanol–water partition coefficient (Wildman–Crippen LogP) is 2.64. The van der Waals surface area contributed by atoms with Crippen LogP contribution in [0.2, 0.25) is 0 Å². The molecule has 2 heterocycles. The van der Waals surface area contributed by atoms with Gasteiger partial charge in [0.15, 0.2) is 0 Å². The van der Waals surface area contributed by atoms with Gasteiger partial charge < -0.3 is 19.7 Å². The number of ether oxygens (including phenoxy) is 2. The SMILES string of the molecule is COC(=O)C1=C(C(=O)OC)N(c2cccc(C3CCNCC3)c2)C=CC=C1. The van der Waals surface area contributed by atoms with Gasteiger partial charge in [0, 0.05) is 11.9 Å². The summed E-state index contributed by atoms with van der Waals surface area (Å²) >= 11 is 0. The van der Waals surface area contributed by atoms with E-state index in [1.165, 1.54) is 19.8 Å². The molecule has 0 saturated carbocycles. The molecule has 27 heavy (non-hydrogen) atoms. The van der Waals surface area contributed by atoms with E-state index in [1.54, 1.807) is 29.3 Å². The van der Waals surface area contributed by atoms with E-state index in [9.17, 15) is 9.59 Å². The highest BCUT2D eigenvalue weighted by Gasteiger charge is 2.28. The first-order valence-electron chi connectivity index (χ1n) is 9.01. The molecule has 0 amide bonds. The highest BCUT2D eigenvalue weighted by molar-refractivity contribution is 6.05. The lowest BCUT2D eigenvalue weighted by Crippen LogP contribution is -2.28. The van der Waals surface area contributed by atoms with Crippen LogP contribution in [0.15, 0.2) is 60.0 Å². The number of carbonyl (C=O) groups excluding carboxylic acids is 2. The van der Waals surface area contributed by atoms with Crippen molar-refractivity contribution in [3.8, 4) is 0 Å². The lowest BCUT2D eigenvalue weighted by Gasteiger charge is -2.26. The Bertz CT molecular complexity index is 804. The van der Waals surface area contributed by atoms with Crippen molar-refractivity contribution < 1.29 is 19.1 Å². The van der Waals surface area contributed by atoms with E-state index in [4.69, 9.17) is 9.47 Å². The Morgan fingerprint density at radius 3 is 2.52 bits per heavy atom. The molecule has 1 fully saturated rings. The van der Waals surface area contributed by atoms with Gasteiger partial charge in [-0.25, -0.2) is 9.59 Å². The third kappa shape index (κ3) is 4.11. The van der Waals surface area contributed by atoms with E-state index in [1.807, 2.05) is 12.1 Å². The van der Waals surface area contributed by atoms with E-state index < -0.39 is 11.9 Å². The lowest BCUT2D eigenvalue weighted by atomic mass is 9.90. The van der Waals surface area contributed by atoms with Crippen LogP contribution < -0.4 is 10.2 Å². The molecule has 6 nitrogen and oxygen atoms in total. The zero-order chi connectivity index (χ0) is 19.2. The van der Waals surface area contributed by atoms with Crippen molar-refractivity contribution in [3.63, 3.8) is 0 Å². The third-order valence-corrected chi connectivity index (χ3v) is 4.85. The molecule has 0 bridgehead atoms. The van der Waals surface area contributed by atoms with Gasteiger partial charge in [-0.1, -0.05) is 18.2 Å². The number of carbonyl (C=O) groups is 2. The van der Waals surface area contributed by atoms with E-state index in [2.05, 4.69) is 17.4 Å². The largest absolute Gasteiger partial charge is 0.465 e. The summed E-state index contributed by atoms with van der Waals surface area (Å²) in [5, 5.41) is 3.38. The normalized spacial score (nSPS) is 17.6. The van der Waals surface area contributed by atoms with Crippen molar-refractivity contribution in [2.75, 3.05) is 32.2 Å². The van der Waals surface area contributed by atoms with E-state index >= 15 is 0 Å². The summed E-state index contributed by atoms with van der Waals surface area (Å²) in [5.41, 5.74) is 2.31. The van der Waals surface area contributed by atoms with Crippen LogP contribution in [0.5, 0.6) is 0 Å². The lowest BCUT2D eigenvalue weighted by molar-refractivity contribution is -0.139. The van der Waals surface area contributed by atoms with Crippen LogP contribution in [-0.2, 0) is 19.1 Å². The molecule has 0 radical (unpaired) electrons. The van der Waals surface area contributed by atoms with Gasteiger partial charge in [-0.15, -0.1) is 0 Å². The second kappa shape index (κ2) is 8.68. The molecule has 0 atom stereocenters. The number of nitrogens with one attached hydrogen (secondary N) is 1. The molecule has 2 aliphatic rings. The first-order valence-corrected chi connectivity index (χ1v) is 9.01. The van der Waals surface area contributed by atoms with Crippen molar-refractivity contribution in [2.45, 2.75) is 18.8 Å². The van der Waals surface area contributed by atoms with Crippen molar-refractivity contribution in [3.05, 3.63) is 65.5 Å². The van der Waals surface area contributed by atoms with Gasteiger partial charge in [-0.05, 0) is 61.7 Å². The number of rotatable bonds is 4. The zero-order valence-electron chi connectivity index (χ0n) is 15.6. The number of hydrogen-bond acceptors (Lipinski definition) is 6. The number of anilines is 1. The number of nitrogens with zero attached hydrogens (tertiary/aromatic N) is 1. The maximum Gasteiger partial charge on any atom is 0.355 e. The fourth-order valence-electron chi connectivity index (χ4n) is 3.45. The van der Waals surface area contributed by atoms with Crippen molar-refractivity contribution in [1.82, 2.24) is 5.32 Å². The summed E-state index contributed by atoms with van der Waals surface area (Å²) in [6.45, 7) is 2.00. The van der Waals surface area contributed by atoms with Gasteiger partial charge in [0.05, 0.1) is 19.8 Å². The van der Waals surface area contributed by atoms with E-state index in [0.717, 1.165) is 31.6 Å². The van der Waals surface area contributed by atoms with Crippen molar-refractivity contribution in [2.24, 2.45) is 0 Å². The van der Waals surface area contributed by atoms with E-state index in [0.29, 0.717) is 5.92 Å². The first-order chi connectivity index (χ1) is 13.2. The molecular formula is C21H24N2O4. The summed E-state index contributed by atoms with van der Waals surface area (Å²) in [7, 11) is 2.59. The minimum Gasteiger partial charge on any atom is -0.465 e. The second-order valence-corrected chi connectivity index (χ2v) is 6.44. The van der Waals surface area contributed by atoms with Crippen molar-refractivity contribution in [1.29, 1.82) is 0 Å². The monoisotopic (exact) mass is 368 g/mol. The van der Waals surface area contributed by atoms with Gasteiger partial charge in [0.1, 0.15) is 5.70 Å². The molecule has 1 saturated heterocycles. The molecule has 1 aromatic rings. The van der Waals surface area contributed by atoms with Crippen LogP contribution in [0.1, 0.15) is 24.3 Å². The molecule has 3 rings (SSSR count). The highest BCUT2D eigenvalue weighted by Crippen LogP contribution is 2.31. The average Bonchev–Trinajstić information content (AvgIpc) is 2.96. The molecule has 2 aliphatic heterocycles. The molecule has 0 aliphatic carbocycles. The fourth-order valence-corrected chi connectivity index (χ4v) is 3.45. The summed E-state index contributed by atoms with van der Waals surface area (Å²) in [6, 6.07) is 8.08. The van der Waals surface area contributed by atoms with E-state index in [-0.39, 0.29) is 11.3 Å². The molecule has 0 aromatic heterocycles. The maximum atomic E-state index is 12.5. The molecule has 6 heteroatoms. The van der Waals surface area contributed by atoms with Crippen LogP contribution in [0, 0.1) is 0 Å². The number of piperidine rings is 1. The number of esters is 2. The van der Waals surface area contributed by atoms with Crippen LogP contribution in [0.4, 0.5) is 5.69 Å². The number of benzene rings is 1. The Morgan fingerprint density at radius 1 is 1.07 bits per heavy atom. The van der Waals surface area contributed by atoms with Crippen LogP contribution >= 0.6 is 0 Å². The standard InChI is InChI=1S/C21H24N2O4/c1-26-20(24)18-8-3-4-13-23(19(18)21(25)27-2)17-7-5-6-16(14-17)15-9-11-22-12-10-15/h3-8,13-15,22H,9-12H2,1-2H3. The molecule has 1 aromatic carbocycles. The summed E-state index contributed by atoms with van der Waals surface area (Å²) < 4.78 is 9.80. The molecule has 142 valence electrons.